The van der Waals surface area contributed by atoms with E-state index in [1.165, 1.54) is 11.0 Å². The summed E-state index contributed by atoms with van der Waals surface area (Å²) in [7, 11) is 1.62. The first-order chi connectivity index (χ1) is 9.95. The smallest absolute Gasteiger partial charge is 0.267 e. The van der Waals surface area contributed by atoms with Crippen molar-refractivity contribution < 1.29 is 13.6 Å². The highest BCUT2D eigenvalue weighted by atomic mass is 32.1. The minimum Gasteiger partial charge on any atom is -0.334 e. The zero-order valence-electron chi connectivity index (χ0n) is 11.9. The molecule has 1 atom stereocenters. The highest BCUT2D eigenvalue weighted by molar-refractivity contribution is 7.08. The van der Waals surface area contributed by atoms with Crippen LogP contribution in [0, 0.1) is 11.6 Å². The normalized spacial score (nSPS) is 12.2. The molecule has 21 heavy (non-hydrogen) atoms. The van der Waals surface area contributed by atoms with E-state index in [1.807, 2.05) is 6.92 Å². The van der Waals surface area contributed by atoms with Crippen LogP contribution >= 0.6 is 11.5 Å². The summed E-state index contributed by atoms with van der Waals surface area (Å²) in [6, 6.07) is 3.25. The number of aromatic nitrogens is 2. The third kappa shape index (κ3) is 3.07. The van der Waals surface area contributed by atoms with Crippen LogP contribution in [0.25, 0.3) is 0 Å². The summed E-state index contributed by atoms with van der Waals surface area (Å²) < 4.78 is 30.1. The zero-order chi connectivity index (χ0) is 15.6. The van der Waals surface area contributed by atoms with Gasteiger partial charge in [0.1, 0.15) is 4.88 Å². The van der Waals surface area contributed by atoms with Gasteiger partial charge in [-0.05, 0) is 42.6 Å². The standard InChI is InChI=1S/C14H15F2N3OS/c1-4-12-13(21-18-17-12)14(20)19(3)8(2)9-5-6-10(15)11(16)7-9/h5-8H,4H2,1-3H3. The van der Waals surface area contributed by atoms with Gasteiger partial charge in [-0.1, -0.05) is 17.5 Å². The Morgan fingerprint density at radius 2 is 2.10 bits per heavy atom. The molecule has 0 bridgehead atoms. The molecule has 0 spiro atoms. The molecule has 112 valence electrons. The Hall–Kier alpha value is -1.89. The highest BCUT2D eigenvalue weighted by Gasteiger charge is 2.24. The molecule has 7 heteroatoms. The zero-order valence-corrected chi connectivity index (χ0v) is 12.7. The molecule has 0 fully saturated rings. The van der Waals surface area contributed by atoms with Crippen LogP contribution in [0.5, 0.6) is 0 Å². The van der Waals surface area contributed by atoms with Gasteiger partial charge in [0.25, 0.3) is 5.91 Å². The molecule has 0 aliphatic carbocycles. The lowest BCUT2D eigenvalue weighted by molar-refractivity contribution is 0.0746. The van der Waals surface area contributed by atoms with Gasteiger partial charge in [-0.3, -0.25) is 4.79 Å². The number of halogens is 2. The third-order valence-corrected chi connectivity index (χ3v) is 4.17. The summed E-state index contributed by atoms with van der Waals surface area (Å²) in [6.07, 6.45) is 0.616. The van der Waals surface area contributed by atoms with Gasteiger partial charge in [0.05, 0.1) is 11.7 Å². The molecule has 0 aliphatic rings. The maximum absolute atomic E-state index is 13.3. The van der Waals surface area contributed by atoms with E-state index in [-0.39, 0.29) is 11.9 Å². The van der Waals surface area contributed by atoms with Gasteiger partial charge in [0, 0.05) is 7.05 Å². The molecule has 1 amide bonds. The Balaban J connectivity index is 2.24. The van der Waals surface area contributed by atoms with E-state index in [0.717, 1.165) is 23.7 Å². The van der Waals surface area contributed by atoms with Gasteiger partial charge in [-0.15, -0.1) is 5.10 Å². The Kier molecular flexibility index (Phi) is 4.62. The van der Waals surface area contributed by atoms with Crippen molar-refractivity contribution in [2.75, 3.05) is 7.05 Å². The van der Waals surface area contributed by atoms with E-state index in [2.05, 4.69) is 9.59 Å². The molecule has 4 nitrogen and oxygen atoms in total. The second kappa shape index (κ2) is 6.26. The molecule has 0 N–H and O–H groups in total. The summed E-state index contributed by atoms with van der Waals surface area (Å²) in [5.74, 6) is -2.05. The van der Waals surface area contributed by atoms with E-state index in [9.17, 15) is 13.6 Å². The number of benzene rings is 1. The molecule has 0 saturated heterocycles. The molecule has 1 unspecified atom stereocenters. The SMILES string of the molecule is CCc1nnsc1C(=O)N(C)C(C)c1ccc(F)c(F)c1. The predicted octanol–water partition coefficient (Wildman–Crippen LogP) is 3.21. The maximum Gasteiger partial charge on any atom is 0.267 e. The highest BCUT2D eigenvalue weighted by Crippen LogP contribution is 2.24. The van der Waals surface area contributed by atoms with Crippen LogP contribution in [0.1, 0.15) is 40.8 Å². The van der Waals surface area contributed by atoms with Gasteiger partial charge in [0.2, 0.25) is 0 Å². The van der Waals surface area contributed by atoms with Gasteiger partial charge in [-0.2, -0.15) is 0 Å². The van der Waals surface area contributed by atoms with Gasteiger partial charge in [-0.25, -0.2) is 8.78 Å². The number of amides is 1. The number of nitrogens with zero attached hydrogens (tertiary/aromatic N) is 3. The number of hydrogen-bond donors (Lipinski definition) is 0. The third-order valence-electron chi connectivity index (χ3n) is 3.41. The number of aryl methyl sites for hydroxylation is 1. The largest absolute Gasteiger partial charge is 0.334 e. The van der Waals surface area contributed by atoms with E-state index < -0.39 is 11.6 Å². The molecule has 2 aromatic rings. The Bertz CT molecular complexity index is 659. The quantitative estimate of drug-likeness (QED) is 0.871. The van der Waals surface area contributed by atoms with E-state index in [4.69, 9.17) is 0 Å². The van der Waals surface area contributed by atoms with Crippen molar-refractivity contribution in [3.63, 3.8) is 0 Å². The summed E-state index contributed by atoms with van der Waals surface area (Å²) in [5.41, 5.74) is 1.18. The lowest BCUT2D eigenvalue weighted by Crippen LogP contribution is -2.29. The number of rotatable bonds is 4. The van der Waals surface area contributed by atoms with Crippen molar-refractivity contribution in [2.24, 2.45) is 0 Å². The van der Waals surface area contributed by atoms with Crippen molar-refractivity contribution in [1.82, 2.24) is 14.5 Å². The Labute approximate surface area is 125 Å². The second-order valence-corrected chi connectivity index (χ2v) is 5.42. The van der Waals surface area contributed by atoms with Gasteiger partial charge < -0.3 is 4.90 Å². The van der Waals surface area contributed by atoms with E-state index >= 15 is 0 Å². The molecule has 0 radical (unpaired) electrons. The summed E-state index contributed by atoms with van der Waals surface area (Å²) >= 11 is 1.04. The predicted molar refractivity (Wildman–Crippen MR) is 76.2 cm³/mol. The van der Waals surface area contributed by atoms with Crippen molar-refractivity contribution in [3.05, 3.63) is 46.0 Å². The van der Waals surface area contributed by atoms with Crippen LogP contribution in [-0.2, 0) is 6.42 Å². The minimum absolute atomic E-state index is 0.223. The van der Waals surface area contributed by atoms with Crippen molar-refractivity contribution in [3.8, 4) is 0 Å². The van der Waals surface area contributed by atoms with Gasteiger partial charge in [0.15, 0.2) is 11.6 Å². The fourth-order valence-corrected chi connectivity index (χ4v) is 2.67. The van der Waals surface area contributed by atoms with Crippen LogP contribution < -0.4 is 0 Å². The monoisotopic (exact) mass is 311 g/mol. The molecule has 1 heterocycles. The van der Waals surface area contributed by atoms with Crippen LogP contribution in [0.4, 0.5) is 8.78 Å². The first-order valence-electron chi connectivity index (χ1n) is 6.49. The fourth-order valence-electron chi connectivity index (χ4n) is 1.93. The molecular formula is C14H15F2N3OS. The van der Waals surface area contributed by atoms with Crippen molar-refractivity contribution in [1.29, 1.82) is 0 Å². The summed E-state index contributed by atoms with van der Waals surface area (Å²) in [5, 5.41) is 3.91. The molecule has 1 aromatic carbocycles. The van der Waals surface area contributed by atoms with E-state index in [1.54, 1.807) is 14.0 Å². The second-order valence-electron chi connectivity index (χ2n) is 4.67. The van der Waals surface area contributed by atoms with Crippen molar-refractivity contribution in [2.45, 2.75) is 26.3 Å². The fraction of sp³-hybridized carbons (Fsp3) is 0.357. The Morgan fingerprint density at radius 1 is 1.38 bits per heavy atom. The molecular weight excluding hydrogens is 296 g/mol. The average Bonchev–Trinajstić information content (AvgIpc) is 2.96. The molecule has 1 aromatic heterocycles. The topological polar surface area (TPSA) is 46.1 Å². The minimum atomic E-state index is -0.922. The van der Waals surface area contributed by atoms with Crippen LogP contribution in [-0.4, -0.2) is 27.4 Å². The van der Waals surface area contributed by atoms with E-state index in [0.29, 0.717) is 22.6 Å². The summed E-state index contributed by atoms with van der Waals surface area (Å²) in [6.45, 7) is 3.65. The molecule has 0 aliphatic heterocycles. The lowest BCUT2D eigenvalue weighted by Gasteiger charge is -2.25. The number of carbonyl (C=O) groups excluding carboxylic acids is 1. The maximum atomic E-state index is 13.3. The summed E-state index contributed by atoms with van der Waals surface area (Å²) in [4.78, 5) is 14.4. The first-order valence-corrected chi connectivity index (χ1v) is 7.26. The van der Waals surface area contributed by atoms with Crippen LogP contribution in [0.2, 0.25) is 0 Å². The molecule has 0 saturated carbocycles. The average molecular weight is 311 g/mol. The first kappa shape index (κ1) is 15.5. The van der Waals surface area contributed by atoms with Crippen LogP contribution in [0.3, 0.4) is 0 Å². The van der Waals surface area contributed by atoms with Gasteiger partial charge >= 0.3 is 0 Å². The Morgan fingerprint density at radius 3 is 2.71 bits per heavy atom. The molecule has 2 rings (SSSR count). The van der Waals surface area contributed by atoms with Crippen molar-refractivity contribution >= 4 is 17.4 Å². The number of hydrogen-bond acceptors (Lipinski definition) is 4. The van der Waals surface area contributed by atoms with Crippen LogP contribution in [0.15, 0.2) is 18.2 Å². The lowest BCUT2D eigenvalue weighted by atomic mass is 10.1. The number of carbonyl (C=O) groups is 1.